The van der Waals surface area contributed by atoms with E-state index in [1.54, 1.807) is 5.01 Å². The van der Waals surface area contributed by atoms with Gasteiger partial charge in [-0.25, -0.2) is 13.8 Å². The third-order valence-corrected chi connectivity index (χ3v) is 2.86. The molecule has 0 aromatic heterocycles. The minimum Gasteiger partial charge on any atom is -0.308 e. The zero-order chi connectivity index (χ0) is 11.3. The monoisotopic (exact) mass is 221 g/mol. The van der Waals surface area contributed by atoms with Crippen LogP contribution in [0, 0.1) is 0 Å². The zero-order valence-corrected chi connectivity index (χ0v) is 9.31. The highest BCUT2D eigenvalue weighted by Crippen LogP contribution is 2.29. The van der Waals surface area contributed by atoms with Gasteiger partial charge in [-0.05, 0) is 12.8 Å². The maximum absolute atomic E-state index is 13.2. The molecule has 1 unspecified atom stereocenters. The quantitative estimate of drug-likeness (QED) is 0.525. The number of nitrogens with one attached hydrogen (secondary N) is 1. The summed E-state index contributed by atoms with van der Waals surface area (Å²) in [6.45, 7) is 3.82. The lowest BCUT2D eigenvalue weighted by atomic mass is 10.1. The van der Waals surface area contributed by atoms with Crippen LogP contribution in [0.3, 0.4) is 0 Å². The van der Waals surface area contributed by atoms with Crippen molar-refractivity contribution in [1.29, 1.82) is 0 Å². The third-order valence-electron chi connectivity index (χ3n) is 2.86. The van der Waals surface area contributed by atoms with Crippen molar-refractivity contribution in [3.8, 4) is 0 Å². The number of hydrogen-bond donors (Lipinski definition) is 2. The second kappa shape index (κ2) is 5.72. The van der Waals surface area contributed by atoms with Crippen molar-refractivity contribution in [3.05, 3.63) is 0 Å². The minimum absolute atomic E-state index is 0.0444. The predicted molar refractivity (Wildman–Crippen MR) is 56.6 cm³/mol. The van der Waals surface area contributed by atoms with Gasteiger partial charge in [0.1, 0.15) is 0 Å². The van der Waals surface area contributed by atoms with Crippen molar-refractivity contribution in [2.75, 3.05) is 19.6 Å². The Hall–Kier alpha value is -0.260. The Labute approximate surface area is 90.0 Å². The number of hydrogen-bond acceptors (Lipinski definition) is 3. The molecule has 1 heterocycles. The summed E-state index contributed by atoms with van der Waals surface area (Å²) >= 11 is 0. The number of nitrogens with two attached hydrogens (primary N) is 1. The highest BCUT2D eigenvalue weighted by molar-refractivity contribution is 4.90. The lowest BCUT2D eigenvalue weighted by Crippen LogP contribution is -2.41. The second-order valence-corrected chi connectivity index (χ2v) is 4.20. The molecule has 1 aliphatic heterocycles. The van der Waals surface area contributed by atoms with E-state index in [1.807, 2.05) is 0 Å². The summed E-state index contributed by atoms with van der Waals surface area (Å²) < 4.78 is 26.4. The number of nitrogens with zero attached hydrogens (tertiary/aromatic N) is 1. The smallest absolute Gasteiger partial charge is 0.264 e. The Bertz CT molecular complexity index is 188. The molecule has 1 rings (SSSR count). The molecule has 0 aromatic carbocycles. The number of hydrazine groups is 1. The fraction of sp³-hybridized carbons (Fsp3) is 1.00. The second-order valence-electron chi connectivity index (χ2n) is 4.20. The van der Waals surface area contributed by atoms with Crippen LogP contribution in [0.2, 0.25) is 0 Å². The fourth-order valence-corrected chi connectivity index (χ4v) is 1.82. The Morgan fingerprint density at radius 2 is 2.20 bits per heavy atom. The largest absolute Gasteiger partial charge is 0.308 e. The average Bonchev–Trinajstić information content (AvgIpc) is 2.51. The minimum atomic E-state index is -2.55. The van der Waals surface area contributed by atoms with E-state index in [0.29, 0.717) is 19.5 Å². The van der Waals surface area contributed by atoms with Crippen molar-refractivity contribution >= 4 is 0 Å². The molecule has 0 aliphatic carbocycles. The molecule has 1 fully saturated rings. The first-order valence-corrected chi connectivity index (χ1v) is 5.67. The molecular weight excluding hydrogens is 200 g/mol. The lowest BCUT2D eigenvalue weighted by molar-refractivity contribution is -0.0155. The first-order chi connectivity index (χ1) is 7.06. The Morgan fingerprint density at radius 1 is 1.47 bits per heavy atom. The van der Waals surface area contributed by atoms with Crippen LogP contribution < -0.4 is 11.2 Å². The molecule has 3 N–H and O–H groups in total. The summed E-state index contributed by atoms with van der Waals surface area (Å²) in [6.07, 6.45) is 2.47. The molecule has 0 spiro atoms. The van der Waals surface area contributed by atoms with Gasteiger partial charge in [0.25, 0.3) is 5.92 Å². The molecule has 0 aromatic rings. The fourth-order valence-electron chi connectivity index (χ4n) is 1.82. The van der Waals surface area contributed by atoms with Crippen molar-refractivity contribution < 1.29 is 8.78 Å². The summed E-state index contributed by atoms with van der Waals surface area (Å²) in [7, 11) is 0. The van der Waals surface area contributed by atoms with E-state index < -0.39 is 12.0 Å². The number of alkyl halides is 2. The zero-order valence-electron chi connectivity index (χ0n) is 9.31. The predicted octanol–water partition coefficient (Wildman–Crippen LogP) is 1.35. The van der Waals surface area contributed by atoms with Gasteiger partial charge in [0.2, 0.25) is 0 Å². The number of unbranched alkanes of at least 4 members (excludes halogenated alkanes) is 1. The van der Waals surface area contributed by atoms with Crippen LogP contribution in [-0.4, -0.2) is 36.6 Å². The average molecular weight is 221 g/mol. The van der Waals surface area contributed by atoms with Crippen LogP contribution >= 0.6 is 0 Å². The summed E-state index contributed by atoms with van der Waals surface area (Å²) in [5, 5.41) is 4.46. The van der Waals surface area contributed by atoms with Crippen molar-refractivity contribution in [2.24, 2.45) is 5.84 Å². The van der Waals surface area contributed by atoms with Gasteiger partial charge in [-0.15, -0.1) is 0 Å². The molecule has 1 aliphatic rings. The first-order valence-electron chi connectivity index (χ1n) is 5.67. The lowest BCUT2D eigenvalue weighted by Gasteiger charge is -2.22. The van der Waals surface area contributed by atoms with E-state index in [4.69, 9.17) is 5.84 Å². The summed E-state index contributed by atoms with van der Waals surface area (Å²) in [4.78, 5) is 0. The molecule has 0 bridgehead atoms. The maximum Gasteiger partial charge on any atom is 0.264 e. The van der Waals surface area contributed by atoms with Gasteiger partial charge in [0.15, 0.2) is 0 Å². The molecule has 3 nitrogen and oxygen atoms in total. The van der Waals surface area contributed by atoms with Crippen molar-refractivity contribution in [1.82, 2.24) is 10.3 Å². The third kappa shape index (κ3) is 4.01. The van der Waals surface area contributed by atoms with Gasteiger partial charge in [0.05, 0.1) is 6.04 Å². The summed E-state index contributed by atoms with van der Waals surface area (Å²) in [6, 6.07) is -0.690. The normalized spacial score (nSPS) is 25.0. The molecule has 1 atom stereocenters. The van der Waals surface area contributed by atoms with Gasteiger partial charge in [-0.2, -0.15) is 0 Å². The number of halogens is 2. The highest BCUT2D eigenvalue weighted by atomic mass is 19.3. The SMILES string of the molecule is CCCCN(N)CCC1NCCC1(F)F. The molecule has 0 amide bonds. The van der Waals surface area contributed by atoms with Crippen LogP contribution in [0.1, 0.15) is 32.6 Å². The standard InChI is InChI=1S/C10H21F2N3/c1-2-3-7-15(13)8-4-9-10(11,12)5-6-14-9/h9,14H,2-8,13H2,1H3. The highest BCUT2D eigenvalue weighted by Gasteiger charge is 2.43. The van der Waals surface area contributed by atoms with Crippen LogP contribution in [0.4, 0.5) is 8.78 Å². The van der Waals surface area contributed by atoms with Crippen LogP contribution in [0.5, 0.6) is 0 Å². The Morgan fingerprint density at radius 3 is 2.73 bits per heavy atom. The van der Waals surface area contributed by atoms with Gasteiger partial charge in [-0.3, -0.25) is 5.84 Å². The van der Waals surface area contributed by atoms with E-state index in [0.717, 1.165) is 19.4 Å². The molecule has 0 radical (unpaired) electrons. The first kappa shape index (κ1) is 12.8. The van der Waals surface area contributed by atoms with Crippen LogP contribution in [0.15, 0.2) is 0 Å². The topological polar surface area (TPSA) is 41.3 Å². The van der Waals surface area contributed by atoms with Crippen molar-refractivity contribution in [2.45, 2.75) is 44.6 Å². The number of rotatable bonds is 6. The van der Waals surface area contributed by atoms with E-state index >= 15 is 0 Å². The Kier molecular flexibility index (Phi) is 4.89. The van der Waals surface area contributed by atoms with Crippen LogP contribution in [0.25, 0.3) is 0 Å². The summed E-state index contributed by atoms with van der Waals surface area (Å²) in [5.74, 6) is 3.14. The van der Waals surface area contributed by atoms with E-state index in [2.05, 4.69) is 12.2 Å². The van der Waals surface area contributed by atoms with E-state index in [-0.39, 0.29) is 6.42 Å². The maximum atomic E-state index is 13.2. The van der Waals surface area contributed by atoms with E-state index in [9.17, 15) is 8.78 Å². The molecule has 90 valence electrons. The van der Waals surface area contributed by atoms with Gasteiger partial charge in [-0.1, -0.05) is 13.3 Å². The van der Waals surface area contributed by atoms with E-state index in [1.165, 1.54) is 0 Å². The van der Waals surface area contributed by atoms with Crippen molar-refractivity contribution in [3.63, 3.8) is 0 Å². The molecule has 0 saturated carbocycles. The molecule has 5 heteroatoms. The molecule has 15 heavy (non-hydrogen) atoms. The molecular formula is C10H21F2N3. The summed E-state index contributed by atoms with van der Waals surface area (Å²) in [5.41, 5.74) is 0. The Balaban J connectivity index is 2.19. The van der Waals surface area contributed by atoms with Gasteiger partial charge >= 0.3 is 0 Å². The van der Waals surface area contributed by atoms with Gasteiger partial charge in [0, 0.05) is 26.1 Å². The molecule has 1 saturated heterocycles. The van der Waals surface area contributed by atoms with Crippen LogP contribution in [-0.2, 0) is 0 Å². The van der Waals surface area contributed by atoms with Gasteiger partial charge < -0.3 is 5.32 Å².